The first-order valence-electron chi connectivity index (χ1n) is 11.7. The number of fused-ring (bicyclic) bond motifs is 1. The van der Waals surface area contributed by atoms with E-state index in [0.29, 0.717) is 53.7 Å². The Labute approximate surface area is 210 Å². The smallest absolute Gasteiger partial charge is 0.267 e. The fraction of sp³-hybridized carbons (Fsp3) is 0.269. The second kappa shape index (κ2) is 9.92. The highest BCUT2D eigenvalue weighted by Crippen LogP contribution is 2.21. The van der Waals surface area contributed by atoms with E-state index in [2.05, 4.69) is 20.4 Å². The lowest BCUT2D eigenvalue weighted by Gasteiger charge is -2.28. The number of hydrogen-bond donors (Lipinski definition) is 1. The number of ether oxygens (including phenoxy) is 1. The topological polar surface area (TPSA) is 106 Å². The van der Waals surface area contributed by atoms with E-state index >= 15 is 0 Å². The predicted octanol–water partition coefficient (Wildman–Crippen LogP) is 3.08. The number of rotatable bonds is 6. The van der Waals surface area contributed by atoms with Gasteiger partial charge in [-0.2, -0.15) is 5.10 Å². The molecule has 190 valence electrons. The van der Waals surface area contributed by atoms with Crippen LogP contribution in [-0.2, 0) is 26.1 Å². The number of nitrogens with zero attached hydrogens (tertiary/aromatic N) is 5. The third kappa shape index (κ3) is 4.97. The Bertz CT molecular complexity index is 1530. The number of aromatic amines is 1. The first-order chi connectivity index (χ1) is 17.8. The molecule has 37 heavy (non-hydrogen) atoms. The summed E-state index contributed by atoms with van der Waals surface area (Å²) in [5.74, 6) is 0.244. The molecule has 5 rings (SSSR count). The number of H-pyrrole nitrogens is 1. The third-order valence-electron chi connectivity index (χ3n) is 6.56. The number of amides is 1. The molecule has 0 fully saturated rings. The highest BCUT2D eigenvalue weighted by molar-refractivity contribution is 5.94. The summed E-state index contributed by atoms with van der Waals surface area (Å²) in [5, 5.41) is 14.9. The van der Waals surface area contributed by atoms with Crippen molar-refractivity contribution in [1.29, 1.82) is 0 Å². The maximum Gasteiger partial charge on any atom is 0.267 e. The van der Waals surface area contributed by atoms with Gasteiger partial charge in [0.05, 0.1) is 17.8 Å². The molecule has 0 aliphatic carbocycles. The molecule has 0 spiro atoms. The van der Waals surface area contributed by atoms with Crippen molar-refractivity contribution < 1.29 is 18.3 Å². The highest BCUT2D eigenvalue weighted by Gasteiger charge is 2.27. The Morgan fingerprint density at radius 3 is 2.62 bits per heavy atom. The molecule has 1 aliphatic heterocycles. The van der Waals surface area contributed by atoms with Gasteiger partial charge in [-0.15, -0.1) is 10.2 Å². The van der Waals surface area contributed by atoms with E-state index in [0.717, 1.165) is 5.56 Å². The predicted molar refractivity (Wildman–Crippen MR) is 129 cm³/mol. The quantitative estimate of drug-likeness (QED) is 0.431. The molecule has 0 radical (unpaired) electrons. The van der Waals surface area contributed by atoms with E-state index in [4.69, 9.17) is 4.74 Å². The molecule has 0 saturated carbocycles. The summed E-state index contributed by atoms with van der Waals surface area (Å²) < 4.78 is 35.3. The Kier molecular flexibility index (Phi) is 6.51. The standard InChI is InChI=1S/C26H24F2N6O3/c1-15-16(2)25(35)32-29-22(15)12-17-3-8-21(28)20(11-17)26(36)33-9-10-34-23(13-33)30-31-24(34)14-37-19-6-4-18(27)5-7-19/h3-8,11H,9-10,12-14H2,1-2H3,(H,32,35). The number of aromatic nitrogens is 5. The van der Waals surface area contributed by atoms with E-state index in [1.807, 2.05) is 11.5 Å². The number of halogens is 2. The van der Waals surface area contributed by atoms with Crippen LogP contribution in [0.1, 0.15) is 44.4 Å². The van der Waals surface area contributed by atoms with Crippen molar-refractivity contribution in [1.82, 2.24) is 29.9 Å². The second-order valence-electron chi connectivity index (χ2n) is 8.89. The average Bonchev–Trinajstić information content (AvgIpc) is 3.31. The van der Waals surface area contributed by atoms with E-state index in [9.17, 15) is 18.4 Å². The van der Waals surface area contributed by atoms with Crippen LogP contribution in [0, 0.1) is 25.5 Å². The molecule has 1 aliphatic rings. The molecule has 1 N–H and O–H groups in total. The fourth-order valence-corrected chi connectivity index (χ4v) is 4.23. The van der Waals surface area contributed by atoms with Gasteiger partial charge in [0.1, 0.15) is 24.0 Å². The van der Waals surface area contributed by atoms with Crippen LogP contribution >= 0.6 is 0 Å². The number of hydrogen-bond acceptors (Lipinski definition) is 6. The first-order valence-corrected chi connectivity index (χ1v) is 11.7. The van der Waals surface area contributed by atoms with Gasteiger partial charge >= 0.3 is 0 Å². The molecule has 4 aromatic rings. The van der Waals surface area contributed by atoms with Gasteiger partial charge in [0.15, 0.2) is 11.6 Å². The Balaban J connectivity index is 1.29. The number of carbonyl (C=O) groups excluding carboxylic acids is 1. The van der Waals surface area contributed by atoms with Crippen LogP contribution in [0.4, 0.5) is 8.78 Å². The lowest BCUT2D eigenvalue weighted by Crippen LogP contribution is -2.39. The van der Waals surface area contributed by atoms with Crippen molar-refractivity contribution in [3.05, 3.63) is 104 Å². The lowest BCUT2D eigenvalue weighted by molar-refractivity contribution is 0.0700. The van der Waals surface area contributed by atoms with Gasteiger partial charge in [-0.3, -0.25) is 9.59 Å². The van der Waals surface area contributed by atoms with Gasteiger partial charge in [-0.05, 0) is 61.4 Å². The highest BCUT2D eigenvalue weighted by atomic mass is 19.1. The minimum absolute atomic E-state index is 0.0378. The zero-order chi connectivity index (χ0) is 26.1. The summed E-state index contributed by atoms with van der Waals surface area (Å²) in [6, 6.07) is 10.1. The van der Waals surface area contributed by atoms with Gasteiger partial charge in [-0.25, -0.2) is 13.9 Å². The molecule has 1 amide bonds. The summed E-state index contributed by atoms with van der Waals surface area (Å²) in [7, 11) is 0. The average molecular weight is 507 g/mol. The summed E-state index contributed by atoms with van der Waals surface area (Å²) in [5.41, 5.74) is 2.40. The van der Waals surface area contributed by atoms with Crippen LogP contribution in [0.3, 0.4) is 0 Å². The van der Waals surface area contributed by atoms with Crippen LogP contribution in [0.15, 0.2) is 47.3 Å². The van der Waals surface area contributed by atoms with Crippen molar-refractivity contribution in [2.75, 3.05) is 6.54 Å². The van der Waals surface area contributed by atoms with Crippen molar-refractivity contribution in [3.63, 3.8) is 0 Å². The van der Waals surface area contributed by atoms with Gasteiger partial charge in [0.2, 0.25) is 0 Å². The zero-order valence-electron chi connectivity index (χ0n) is 20.3. The zero-order valence-corrected chi connectivity index (χ0v) is 20.3. The summed E-state index contributed by atoms with van der Waals surface area (Å²) in [6.07, 6.45) is 0.343. The summed E-state index contributed by atoms with van der Waals surface area (Å²) >= 11 is 0. The van der Waals surface area contributed by atoms with Crippen molar-refractivity contribution >= 4 is 5.91 Å². The van der Waals surface area contributed by atoms with Crippen LogP contribution in [0.2, 0.25) is 0 Å². The summed E-state index contributed by atoms with van der Waals surface area (Å²) in [4.78, 5) is 26.5. The molecular weight excluding hydrogens is 482 g/mol. The summed E-state index contributed by atoms with van der Waals surface area (Å²) in [6.45, 7) is 4.61. The molecule has 2 aromatic heterocycles. The minimum Gasteiger partial charge on any atom is -0.486 e. The molecule has 0 saturated heterocycles. The van der Waals surface area contributed by atoms with E-state index < -0.39 is 11.7 Å². The van der Waals surface area contributed by atoms with Gasteiger partial charge < -0.3 is 14.2 Å². The lowest BCUT2D eigenvalue weighted by atomic mass is 10.0. The molecular formula is C26H24F2N6O3. The van der Waals surface area contributed by atoms with Crippen molar-refractivity contribution in [2.24, 2.45) is 0 Å². The second-order valence-corrected chi connectivity index (χ2v) is 8.89. The van der Waals surface area contributed by atoms with Crippen molar-refractivity contribution in [2.45, 2.75) is 40.0 Å². The van der Waals surface area contributed by atoms with E-state index in [-0.39, 0.29) is 30.1 Å². The van der Waals surface area contributed by atoms with Gasteiger partial charge in [0, 0.05) is 25.1 Å². The molecule has 11 heteroatoms. The number of nitrogens with one attached hydrogen (secondary N) is 1. The Morgan fingerprint density at radius 1 is 1.05 bits per heavy atom. The maximum atomic E-state index is 14.7. The minimum atomic E-state index is -0.614. The monoisotopic (exact) mass is 506 g/mol. The molecule has 3 heterocycles. The molecule has 2 aromatic carbocycles. The SMILES string of the molecule is Cc1c(Cc2ccc(F)c(C(=O)N3CCn4c(COc5ccc(F)cc5)nnc4C3)c2)n[nH]c(=O)c1C. The fourth-order valence-electron chi connectivity index (χ4n) is 4.23. The molecule has 0 bridgehead atoms. The van der Waals surface area contributed by atoms with Gasteiger partial charge in [-0.1, -0.05) is 6.07 Å². The largest absolute Gasteiger partial charge is 0.486 e. The van der Waals surface area contributed by atoms with Crippen LogP contribution in [0.5, 0.6) is 5.75 Å². The number of carbonyl (C=O) groups is 1. The first kappa shape index (κ1) is 24.3. The molecule has 9 nitrogen and oxygen atoms in total. The third-order valence-corrected chi connectivity index (χ3v) is 6.56. The van der Waals surface area contributed by atoms with E-state index in [1.165, 1.54) is 41.3 Å². The van der Waals surface area contributed by atoms with Crippen LogP contribution in [-0.4, -0.2) is 42.3 Å². The maximum absolute atomic E-state index is 14.7. The number of benzene rings is 2. The Hall–Kier alpha value is -4.41. The normalized spacial score (nSPS) is 12.9. The van der Waals surface area contributed by atoms with E-state index in [1.54, 1.807) is 13.0 Å². The van der Waals surface area contributed by atoms with Crippen LogP contribution in [0.25, 0.3) is 0 Å². The van der Waals surface area contributed by atoms with Crippen molar-refractivity contribution in [3.8, 4) is 5.75 Å². The van der Waals surface area contributed by atoms with Crippen LogP contribution < -0.4 is 10.3 Å². The molecule has 0 unspecified atom stereocenters. The Morgan fingerprint density at radius 2 is 1.84 bits per heavy atom. The van der Waals surface area contributed by atoms with Gasteiger partial charge in [0.25, 0.3) is 11.5 Å². The molecule has 0 atom stereocenters.